The van der Waals surface area contributed by atoms with Gasteiger partial charge in [0, 0.05) is 55.5 Å². The topological polar surface area (TPSA) is 115 Å². The largest absolute Gasteiger partial charge is 0.355 e. The van der Waals surface area contributed by atoms with Gasteiger partial charge in [-0.05, 0) is 146 Å². The van der Waals surface area contributed by atoms with Crippen molar-refractivity contribution in [3.05, 3.63) is 143 Å². The lowest BCUT2D eigenvalue weighted by molar-refractivity contribution is 1.03. The number of H-pyrrole nitrogens is 4. The molecular formula is C40H30N8. The molecule has 0 fully saturated rings. The number of fused-ring (bicyclic) bond motifs is 16. The molecule has 0 amide bonds. The molecule has 0 spiro atoms. The minimum absolute atomic E-state index is 0.915. The summed E-state index contributed by atoms with van der Waals surface area (Å²) in [5, 5.41) is 0. The van der Waals surface area contributed by atoms with Crippen molar-refractivity contribution in [2.24, 2.45) is 0 Å². The number of hydrogen-bond acceptors (Lipinski definition) is 4. The molecule has 8 heteroatoms. The average Bonchev–Trinajstić information content (AvgIpc) is 3.91. The van der Waals surface area contributed by atoms with Gasteiger partial charge >= 0.3 is 0 Å². The van der Waals surface area contributed by atoms with Crippen LogP contribution in [0.1, 0.15) is 45.6 Å². The van der Waals surface area contributed by atoms with Crippen LogP contribution in [0.2, 0.25) is 0 Å². The first-order valence-corrected chi connectivity index (χ1v) is 16.0. The molecule has 0 atom stereocenters. The second kappa shape index (κ2) is 11.7. The SMILES string of the molecule is C1=Cc2cc3ccc(cc4ccc(cc5nc(cc1n2)C=C5)[nH]4)[nH]3.C1=Cc2cc3ccc(cc4nc(cc5ccc(cc1n2)[nH]5)CC4)[nH]3. The van der Waals surface area contributed by atoms with Gasteiger partial charge in [-0.15, -0.1) is 0 Å². The van der Waals surface area contributed by atoms with Gasteiger partial charge in [-0.3, -0.25) is 4.98 Å². The Balaban J connectivity index is 0.000000131. The van der Waals surface area contributed by atoms with Crippen LogP contribution in [-0.2, 0) is 12.8 Å². The van der Waals surface area contributed by atoms with E-state index in [9.17, 15) is 0 Å². The monoisotopic (exact) mass is 622 g/mol. The third-order valence-corrected chi connectivity index (χ3v) is 8.36. The third kappa shape index (κ3) is 6.15. The van der Waals surface area contributed by atoms with Gasteiger partial charge in [-0.25, -0.2) is 15.0 Å². The van der Waals surface area contributed by atoms with E-state index in [1.807, 2.05) is 54.7 Å². The third-order valence-electron chi connectivity index (χ3n) is 8.36. The van der Waals surface area contributed by atoms with E-state index in [1.165, 1.54) is 0 Å². The Hall–Kier alpha value is -6.54. The summed E-state index contributed by atoms with van der Waals surface area (Å²) in [6.07, 6.45) is 14.1. The molecule has 4 aliphatic rings. The van der Waals surface area contributed by atoms with Crippen LogP contribution in [0, 0.1) is 0 Å². The molecule has 16 bridgehead atoms. The highest BCUT2D eigenvalue weighted by molar-refractivity contribution is 5.78. The summed E-state index contributed by atoms with van der Waals surface area (Å²) < 4.78 is 0. The van der Waals surface area contributed by atoms with E-state index in [1.54, 1.807) is 0 Å². The first-order chi connectivity index (χ1) is 23.6. The lowest BCUT2D eigenvalue weighted by atomic mass is 10.2. The molecule has 6 aromatic rings. The Morgan fingerprint density at radius 2 is 0.562 bits per heavy atom. The van der Waals surface area contributed by atoms with Crippen LogP contribution in [0.3, 0.4) is 0 Å². The predicted octanol–water partition coefficient (Wildman–Crippen LogP) is 8.93. The molecule has 4 N–H and O–H groups in total. The normalized spacial score (nSPS) is 13.0. The van der Waals surface area contributed by atoms with E-state index < -0.39 is 0 Å². The van der Waals surface area contributed by atoms with Crippen LogP contribution in [0.15, 0.2) is 97.1 Å². The van der Waals surface area contributed by atoms with Crippen molar-refractivity contribution in [3.8, 4) is 0 Å². The van der Waals surface area contributed by atoms with Gasteiger partial charge in [-0.1, -0.05) is 0 Å². The number of hydrogen-bond donors (Lipinski definition) is 4. The Bertz CT molecular complexity index is 2470. The van der Waals surface area contributed by atoms with Crippen LogP contribution in [0.25, 0.3) is 80.6 Å². The summed E-state index contributed by atoms with van der Waals surface area (Å²) in [7, 11) is 0. The lowest BCUT2D eigenvalue weighted by Gasteiger charge is -1.86. The maximum atomic E-state index is 4.75. The van der Waals surface area contributed by atoms with Crippen LogP contribution in [0.4, 0.5) is 0 Å². The minimum Gasteiger partial charge on any atom is -0.355 e. The quantitative estimate of drug-likeness (QED) is 0.135. The molecule has 4 aliphatic heterocycles. The first kappa shape index (κ1) is 27.7. The molecule has 10 rings (SSSR count). The zero-order chi connectivity index (χ0) is 31.9. The van der Waals surface area contributed by atoms with Gasteiger partial charge in [0.25, 0.3) is 0 Å². The predicted molar refractivity (Wildman–Crippen MR) is 196 cm³/mol. The van der Waals surface area contributed by atoms with Gasteiger partial charge in [0.1, 0.15) is 0 Å². The fourth-order valence-corrected chi connectivity index (χ4v) is 6.13. The first-order valence-electron chi connectivity index (χ1n) is 16.0. The van der Waals surface area contributed by atoms with Crippen LogP contribution < -0.4 is 0 Å². The van der Waals surface area contributed by atoms with Gasteiger partial charge in [-0.2, -0.15) is 0 Å². The Labute approximate surface area is 275 Å². The zero-order valence-electron chi connectivity index (χ0n) is 25.9. The number of aromatic nitrogens is 8. The van der Waals surface area contributed by atoms with Crippen molar-refractivity contribution < 1.29 is 0 Å². The van der Waals surface area contributed by atoms with Crippen LogP contribution in [-0.4, -0.2) is 39.9 Å². The molecule has 0 saturated heterocycles. The maximum absolute atomic E-state index is 4.75. The van der Waals surface area contributed by atoms with Crippen LogP contribution in [0.5, 0.6) is 0 Å². The molecule has 6 aromatic heterocycles. The molecule has 0 saturated carbocycles. The van der Waals surface area contributed by atoms with E-state index in [-0.39, 0.29) is 0 Å². The molecule has 10 heterocycles. The van der Waals surface area contributed by atoms with E-state index in [0.717, 1.165) is 103 Å². The second-order valence-corrected chi connectivity index (χ2v) is 12.1. The van der Waals surface area contributed by atoms with Crippen molar-refractivity contribution in [1.29, 1.82) is 0 Å². The van der Waals surface area contributed by atoms with Gasteiger partial charge in [0.05, 0.1) is 34.2 Å². The minimum atomic E-state index is 0.915. The van der Waals surface area contributed by atoms with Gasteiger partial charge in [0.2, 0.25) is 0 Å². The van der Waals surface area contributed by atoms with Gasteiger partial charge < -0.3 is 19.9 Å². The standard InChI is InChI=1S/C20H16N4.C20H14N4/c2*1-2-14-10-16-5-6-18(23-16)12-20-8-7-19(24-20)11-17-4-3-15(22-17)9-13(1)21-14/h1-6,9-12,22-23H,7-8H2;1-12,21-22H. The molecule has 48 heavy (non-hydrogen) atoms. The zero-order valence-corrected chi connectivity index (χ0v) is 25.9. The maximum Gasteiger partial charge on any atom is 0.0659 e. The van der Waals surface area contributed by atoms with Crippen molar-refractivity contribution in [2.75, 3.05) is 0 Å². The number of nitrogens with one attached hydrogen (secondary N) is 4. The number of nitrogens with zero attached hydrogens (tertiary/aromatic N) is 4. The second-order valence-electron chi connectivity index (χ2n) is 12.1. The van der Waals surface area contributed by atoms with Gasteiger partial charge in [0.15, 0.2) is 0 Å². The van der Waals surface area contributed by atoms with E-state index in [4.69, 9.17) is 4.98 Å². The Morgan fingerprint density at radius 1 is 0.292 bits per heavy atom. The Morgan fingerprint density at radius 3 is 0.896 bits per heavy atom. The number of rotatable bonds is 0. The molecule has 8 nitrogen and oxygen atoms in total. The molecule has 0 aliphatic carbocycles. The van der Waals surface area contributed by atoms with E-state index in [2.05, 4.69) is 114 Å². The van der Waals surface area contributed by atoms with E-state index in [0.29, 0.717) is 0 Å². The fraction of sp³-hybridized carbons (Fsp3) is 0.0500. The summed E-state index contributed by atoms with van der Waals surface area (Å²) in [5.41, 5.74) is 16.3. The molecular weight excluding hydrogens is 592 g/mol. The summed E-state index contributed by atoms with van der Waals surface area (Å²) in [5.74, 6) is 0. The van der Waals surface area contributed by atoms with E-state index >= 15 is 0 Å². The summed E-state index contributed by atoms with van der Waals surface area (Å²) in [6, 6.07) is 33.1. The van der Waals surface area contributed by atoms with Crippen LogP contribution >= 0.6 is 0 Å². The highest BCUT2D eigenvalue weighted by Gasteiger charge is 2.06. The molecule has 230 valence electrons. The van der Waals surface area contributed by atoms with Crippen molar-refractivity contribution in [3.63, 3.8) is 0 Å². The molecule has 0 aromatic carbocycles. The molecule has 0 unspecified atom stereocenters. The lowest BCUT2D eigenvalue weighted by Crippen LogP contribution is -1.77. The Kier molecular flexibility index (Phi) is 6.75. The summed E-state index contributed by atoms with van der Waals surface area (Å²) >= 11 is 0. The number of aromatic amines is 4. The van der Waals surface area contributed by atoms with Crippen molar-refractivity contribution >= 4 is 80.6 Å². The fourth-order valence-electron chi connectivity index (χ4n) is 6.13. The smallest absolute Gasteiger partial charge is 0.0659 e. The average molecular weight is 623 g/mol. The molecule has 0 radical (unpaired) electrons. The highest BCUT2D eigenvalue weighted by Crippen LogP contribution is 2.19. The highest BCUT2D eigenvalue weighted by atomic mass is 14.8. The number of aryl methyl sites for hydroxylation is 2. The summed E-state index contributed by atoms with van der Waals surface area (Å²) in [6.45, 7) is 0. The summed E-state index contributed by atoms with van der Waals surface area (Å²) in [4.78, 5) is 32.2. The van der Waals surface area contributed by atoms with Crippen molar-refractivity contribution in [1.82, 2.24) is 39.9 Å². The van der Waals surface area contributed by atoms with Crippen molar-refractivity contribution in [2.45, 2.75) is 12.8 Å².